The summed E-state index contributed by atoms with van der Waals surface area (Å²) in [5, 5.41) is 4.10. The number of morpholine rings is 1. The van der Waals surface area contributed by atoms with E-state index in [9.17, 15) is 4.79 Å². The summed E-state index contributed by atoms with van der Waals surface area (Å²) in [6.45, 7) is 3.77. The fourth-order valence-electron chi connectivity index (χ4n) is 2.43. The van der Waals surface area contributed by atoms with E-state index in [0.717, 1.165) is 5.13 Å². The summed E-state index contributed by atoms with van der Waals surface area (Å²) in [6, 6.07) is 0.576. The Hall–Kier alpha value is -1.34. The summed E-state index contributed by atoms with van der Waals surface area (Å²) >= 11 is 1.36. The summed E-state index contributed by atoms with van der Waals surface area (Å²) in [6.07, 6.45) is 3.60. The quantitative estimate of drug-likeness (QED) is 0.884. The fourth-order valence-corrected chi connectivity index (χ4v) is 3.35. The van der Waals surface area contributed by atoms with Crippen molar-refractivity contribution in [3.63, 3.8) is 0 Å². The molecule has 6 nitrogen and oxygen atoms in total. The number of amides is 1. The molecular formula is C13H20N4O2S. The molecule has 1 aliphatic heterocycles. The van der Waals surface area contributed by atoms with Gasteiger partial charge in [0, 0.05) is 12.6 Å². The van der Waals surface area contributed by atoms with Gasteiger partial charge < -0.3 is 20.7 Å². The molecular weight excluding hydrogens is 276 g/mol. The fraction of sp³-hybridized carbons (Fsp3) is 0.692. The maximum atomic E-state index is 12.5. The number of carbonyl (C=O) groups is 1. The van der Waals surface area contributed by atoms with E-state index in [2.05, 4.69) is 10.3 Å². The van der Waals surface area contributed by atoms with Crippen LogP contribution in [0.2, 0.25) is 0 Å². The number of anilines is 2. The van der Waals surface area contributed by atoms with E-state index in [0.29, 0.717) is 36.5 Å². The van der Waals surface area contributed by atoms with E-state index in [1.165, 1.54) is 30.6 Å². The Morgan fingerprint density at radius 2 is 2.35 bits per heavy atom. The molecule has 2 aliphatic rings. The SMILES string of the molecule is CC1COCCN1C(=O)c1sc(NC2CCC2)nc1N. The molecule has 1 aromatic rings. The Bertz CT molecular complexity index is 501. The minimum Gasteiger partial charge on any atom is -0.382 e. The number of nitrogens with zero attached hydrogens (tertiary/aromatic N) is 2. The van der Waals surface area contributed by atoms with Crippen LogP contribution >= 0.6 is 11.3 Å². The standard InChI is InChI=1S/C13H20N4O2S/c1-8-7-19-6-5-17(8)12(18)10-11(14)16-13(20-10)15-9-3-2-4-9/h8-9H,2-7,14H2,1H3,(H,15,16). The van der Waals surface area contributed by atoms with Crippen LogP contribution in [0.5, 0.6) is 0 Å². The van der Waals surface area contributed by atoms with Crippen LogP contribution in [-0.4, -0.2) is 47.6 Å². The lowest BCUT2D eigenvalue weighted by Gasteiger charge is -2.32. The third-order valence-electron chi connectivity index (χ3n) is 3.91. The Morgan fingerprint density at radius 1 is 1.55 bits per heavy atom. The highest BCUT2D eigenvalue weighted by atomic mass is 32.1. The summed E-state index contributed by atoms with van der Waals surface area (Å²) in [7, 11) is 0. The first kappa shape index (κ1) is 13.6. The van der Waals surface area contributed by atoms with Crippen LogP contribution in [0.15, 0.2) is 0 Å². The number of hydrogen-bond acceptors (Lipinski definition) is 6. The van der Waals surface area contributed by atoms with Gasteiger partial charge in [-0.15, -0.1) is 0 Å². The number of rotatable bonds is 3. The number of thiazole rings is 1. The average Bonchev–Trinajstić information content (AvgIpc) is 2.75. The molecule has 1 unspecified atom stereocenters. The average molecular weight is 296 g/mol. The van der Waals surface area contributed by atoms with Crippen LogP contribution < -0.4 is 11.1 Å². The number of aromatic nitrogens is 1. The van der Waals surface area contributed by atoms with Crippen LogP contribution in [0, 0.1) is 0 Å². The van der Waals surface area contributed by atoms with Gasteiger partial charge in [-0.3, -0.25) is 4.79 Å². The van der Waals surface area contributed by atoms with Gasteiger partial charge >= 0.3 is 0 Å². The third-order valence-corrected chi connectivity index (χ3v) is 4.90. The van der Waals surface area contributed by atoms with Crippen molar-refractivity contribution in [2.24, 2.45) is 0 Å². The maximum Gasteiger partial charge on any atom is 0.268 e. The van der Waals surface area contributed by atoms with E-state index in [1.54, 1.807) is 0 Å². The predicted octanol–water partition coefficient (Wildman–Crippen LogP) is 1.55. The van der Waals surface area contributed by atoms with Gasteiger partial charge in [0.2, 0.25) is 0 Å². The number of carbonyl (C=O) groups excluding carboxylic acids is 1. The molecule has 3 rings (SSSR count). The molecule has 0 aromatic carbocycles. The molecule has 20 heavy (non-hydrogen) atoms. The first-order valence-electron chi connectivity index (χ1n) is 7.06. The monoisotopic (exact) mass is 296 g/mol. The van der Waals surface area contributed by atoms with Crippen LogP contribution in [0.1, 0.15) is 35.9 Å². The molecule has 1 saturated carbocycles. The Balaban J connectivity index is 1.73. The van der Waals surface area contributed by atoms with Gasteiger partial charge in [0.25, 0.3) is 5.91 Å². The highest BCUT2D eigenvalue weighted by Crippen LogP contribution is 2.30. The Labute approximate surface area is 122 Å². The first-order valence-corrected chi connectivity index (χ1v) is 7.88. The van der Waals surface area contributed by atoms with E-state index < -0.39 is 0 Å². The molecule has 7 heteroatoms. The normalized spacial score (nSPS) is 23.4. The number of nitrogens with one attached hydrogen (secondary N) is 1. The third kappa shape index (κ3) is 2.60. The van der Waals surface area contributed by atoms with E-state index in [1.807, 2.05) is 11.8 Å². The van der Waals surface area contributed by atoms with Crippen molar-refractivity contribution < 1.29 is 9.53 Å². The highest BCUT2D eigenvalue weighted by molar-refractivity contribution is 7.18. The lowest BCUT2D eigenvalue weighted by atomic mass is 9.93. The van der Waals surface area contributed by atoms with Gasteiger partial charge in [0.15, 0.2) is 5.13 Å². The van der Waals surface area contributed by atoms with Crippen molar-refractivity contribution in [3.8, 4) is 0 Å². The largest absolute Gasteiger partial charge is 0.382 e. The second kappa shape index (κ2) is 5.57. The van der Waals surface area contributed by atoms with Gasteiger partial charge in [-0.25, -0.2) is 4.98 Å². The van der Waals surface area contributed by atoms with Crippen molar-refractivity contribution in [1.82, 2.24) is 9.88 Å². The number of nitrogens with two attached hydrogens (primary N) is 1. The lowest BCUT2D eigenvalue weighted by Crippen LogP contribution is -2.47. The Morgan fingerprint density at radius 3 is 3.00 bits per heavy atom. The molecule has 110 valence electrons. The number of ether oxygens (including phenoxy) is 1. The van der Waals surface area contributed by atoms with Crippen molar-refractivity contribution >= 4 is 28.2 Å². The summed E-state index contributed by atoms with van der Waals surface area (Å²) in [5.41, 5.74) is 5.91. The van der Waals surface area contributed by atoms with Gasteiger partial charge in [0.1, 0.15) is 10.7 Å². The predicted molar refractivity (Wildman–Crippen MR) is 79.1 cm³/mol. The zero-order chi connectivity index (χ0) is 14.1. The number of nitrogen functional groups attached to an aromatic ring is 1. The molecule has 1 aromatic heterocycles. The van der Waals surface area contributed by atoms with E-state index >= 15 is 0 Å². The van der Waals surface area contributed by atoms with Gasteiger partial charge in [-0.1, -0.05) is 11.3 Å². The molecule has 1 aliphatic carbocycles. The Kier molecular flexibility index (Phi) is 3.80. The van der Waals surface area contributed by atoms with Crippen molar-refractivity contribution in [2.45, 2.75) is 38.3 Å². The molecule has 1 amide bonds. The molecule has 2 fully saturated rings. The van der Waals surface area contributed by atoms with Gasteiger partial charge in [-0.05, 0) is 26.2 Å². The van der Waals surface area contributed by atoms with Gasteiger partial charge in [-0.2, -0.15) is 0 Å². The maximum absolute atomic E-state index is 12.5. The topological polar surface area (TPSA) is 80.5 Å². The van der Waals surface area contributed by atoms with E-state index in [4.69, 9.17) is 10.5 Å². The zero-order valence-corrected chi connectivity index (χ0v) is 12.4. The van der Waals surface area contributed by atoms with Crippen molar-refractivity contribution in [1.29, 1.82) is 0 Å². The highest BCUT2D eigenvalue weighted by Gasteiger charge is 2.29. The van der Waals surface area contributed by atoms with Crippen LogP contribution in [0.25, 0.3) is 0 Å². The summed E-state index contributed by atoms with van der Waals surface area (Å²) in [5.74, 6) is 0.304. The second-order valence-electron chi connectivity index (χ2n) is 5.43. The van der Waals surface area contributed by atoms with Gasteiger partial charge in [0.05, 0.1) is 19.3 Å². The van der Waals surface area contributed by atoms with E-state index in [-0.39, 0.29) is 11.9 Å². The smallest absolute Gasteiger partial charge is 0.268 e. The minimum atomic E-state index is -0.0301. The molecule has 0 bridgehead atoms. The molecule has 1 saturated heterocycles. The van der Waals surface area contributed by atoms with Crippen molar-refractivity contribution in [2.75, 3.05) is 30.8 Å². The molecule has 3 N–H and O–H groups in total. The second-order valence-corrected chi connectivity index (χ2v) is 6.43. The molecule has 0 radical (unpaired) electrons. The zero-order valence-electron chi connectivity index (χ0n) is 11.6. The molecule has 1 atom stereocenters. The number of hydrogen-bond donors (Lipinski definition) is 2. The molecule has 2 heterocycles. The first-order chi connectivity index (χ1) is 9.65. The summed E-state index contributed by atoms with van der Waals surface area (Å²) in [4.78, 5) is 19.2. The lowest BCUT2D eigenvalue weighted by molar-refractivity contribution is 0.00391. The van der Waals surface area contributed by atoms with Crippen LogP contribution in [0.3, 0.4) is 0 Å². The van der Waals surface area contributed by atoms with Crippen LogP contribution in [-0.2, 0) is 4.74 Å². The minimum absolute atomic E-state index is 0.0301. The molecule has 0 spiro atoms. The van der Waals surface area contributed by atoms with Crippen LogP contribution in [0.4, 0.5) is 10.9 Å². The summed E-state index contributed by atoms with van der Waals surface area (Å²) < 4.78 is 5.36. The van der Waals surface area contributed by atoms with Crippen molar-refractivity contribution in [3.05, 3.63) is 4.88 Å².